The van der Waals surface area contributed by atoms with Crippen LogP contribution in [0.1, 0.15) is 6.92 Å². The Labute approximate surface area is 120 Å². The largest absolute Gasteiger partial charge is 0.398 e. The van der Waals surface area contributed by atoms with Crippen molar-refractivity contribution in [2.75, 3.05) is 5.73 Å². The van der Waals surface area contributed by atoms with Gasteiger partial charge in [-0.15, -0.1) is 0 Å². The van der Waals surface area contributed by atoms with Crippen LogP contribution in [0.25, 0.3) is 22.4 Å². The second kappa shape index (κ2) is 4.80. The minimum Gasteiger partial charge on any atom is -0.398 e. The van der Waals surface area contributed by atoms with Crippen LogP contribution < -0.4 is 5.73 Å². The van der Waals surface area contributed by atoms with E-state index in [-0.39, 0.29) is 5.82 Å². The summed E-state index contributed by atoms with van der Waals surface area (Å²) in [5.41, 5.74) is 8.78. The van der Waals surface area contributed by atoms with Crippen LogP contribution in [0.2, 0.25) is 5.02 Å². The number of aromatic nitrogens is 2. The first-order valence-electron chi connectivity index (χ1n) is 6.31. The molecule has 0 atom stereocenters. The summed E-state index contributed by atoms with van der Waals surface area (Å²) in [6.07, 6.45) is 0. The second-order valence-electron chi connectivity index (χ2n) is 4.54. The van der Waals surface area contributed by atoms with Crippen LogP contribution >= 0.6 is 11.6 Å². The second-order valence-corrected chi connectivity index (χ2v) is 4.98. The van der Waals surface area contributed by atoms with Crippen molar-refractivity contribution in [1.82, 2.24) is 9.55 Å². The number of benzene rings is 2. The van der Waals surface area contributed by atoms with Crippen LogP contribution in [0.15, 0.2) is 36.4 Å². The van der Waals surface area contributed by atoms with Gasteiger partial charge in [0, 0.05) is 22.8 Å². The van der Waals surface area contributed by atoms with E-state index in [0.29, 0.717) is 28.6 Å². The molecule has 0 unspecified atom stereocenters. The van der Waals surface area contributed by atoms with E-state index in [2.05, 4.69) is 4.98 Å². The fourth-order valence-corrected chi connectivity index (χ4v) is 2.51. The van der Waals surface area contributed by atoms with Crippen molar-refractivity contribution in [3.05, 3.63) is 47.2 Å². The number of hydrogen-bond donors (Lipinski definition) is 1. The number of anilines is 1. The van der Waals surface area contributed by atoms with E-state index in [0.717, 1.165) is 11.0 Å². The number of fused-ring (bicyclic) bond motifs is 1. The summed E-state index contributed by atoms with van der Waals surface area (Å²) in [6, 6.07) is 9.79. The Morgan fingerprint density at radius 1 is 1.25 bits per heavy atom. The molecular weight excluding hydrogens is 277 g/mol. The van der Waals surface area contributed by atoms with Gasteiger partial charge in [-0.05, 0) is 43.3 Å². The maximum absolute atomic E-state index is 13.5. The first kappa shape index (κ1) is 12.9. The first-order valence-corrected chi connectivity index (χ1v) is 6.69. The lowest BCUT2D eigenvalue weighted by molar-refractivity contribution is 0.628. The predicted octanol–water partition coefficient (Wildman–Crippen LogP) is 4.10. The molecule has 0 aliphatic heterocycles. The maximum atomic E-state index is 13.5. The standard InChI is InChI=1S/C15H13ClFN3/c1-2-20-14-7-9(16)3-6-13(14)19-15(20)11-8-10(17)4-5-12(11)18/h3-8H,2,18H2,1H3. The number of hydrogen-bond acceptors (Lipinski definition) is 2. The topological polar surface area (TPSA) is 43.8 Å². The first-order chi connectivity index (χ1) is 9.60. The van der Waals surface area contributed by atoms with Gasteiger partial charge < -0.3 is 10.3 Å². The van der Waals surface area contributed by atoms with E-state index >= 15 is 0 Å². The van der Waals surface area contributed by atoms with Crippen molar-refractivity contribution >= 4 is 28.3 Å². The van der Waals surface area contributed by atoms with Crippen LogP contribution in [0.5, 0.6) is 0 Å². The molecule has 0 bridgehead atoms. The molecule has 0 radical (unpaired) electrons. The molecule has 2 N–H and O–H groups in total. The summed E-state index contributed by atoms with van der Waals surface area (Å²) >= 11 is 6.03. The smallest absolute Gasteiger partial charge is 0.143 e. The Bertz CT molecular complexity index is 795. The Morgan fingerprint density at radius 3 is 2.80 bits per heavy atom. The van der Waals surface area contributed by atoms with Crippen molar-refractivity contribution in [3.63, 3.8) is 0 Å². The van der Waals surface area contributed by atoms with Crippen LogP contribution in [0.4, 0.5) is 10.1 Å². The SMILES string of the molecule is CCn1c(-c2cc(F)ccc2N)nc2ccc(Cl)cc21. The minimum atomic E-state index is -0.332. The summed E-state index contributed by atoms with van der Waals surface area (Å²) in [6.45, 7) is 2.70. The molecule has 102 valence electrons. The summed E-state index contributed by atoms with van der Waals surface area (Å²) in [7, 11) is 0. The molecule has 20 heavy (non-hydrogen) atoms. The molecule has 1 heterocycles. The van der Waals surface area contributed by atoms with Crippen molar-refractivity contribution in [1.29, 1.82) is 0 Å². The molecule has 0 saturated carbocycles. The maximum Gasteiger partial charge on any atom is 0.143 e. The summed E-state index contributed by atoms with van der Waals surface area (Å²) in [5, 5.41) is 0.644. The van der Waals surface area contributed by atoms with Crippen molar-refractivity contribution < 1.29 is 4.39 Å². The van der Waals surface area contributed by atoms with Gasteiger partial charge in [-0.25, -0.2) is 9.37 Å². The molecule has 0 saturated heterocycles. The van der Waals surface area contributed by atoms with E-state index < -0.39 is 0 Å². The zero-order valence-corrected chi connectivity index (χ0v) is 11.7. The third-order valence-electron chi connectivity index (χ3n) is 3.28. The molecule has 3 nitrogen and oxygen atoms in total. The Kier molecular flexibility index (Phi) is 3.10. The molecule has 0 amide bonds. The summed E-state index contributed by atoms with van der Waals surface area (Å²) in [5.74, 6) is 0.323. The van der Waals surface area contributed by atoms with E-state index in [9.17, 15) is 4.39 Å². The van der Waals surface area contributed by atoms with Crippen LogP contribution in [0.3, 0.4) is 0 Å². The molecule has 2 aromatic carbocycles. The monoisotopic (exact) mass is 289 g/mol. The van der Waals surface area contributed by atoms with Crippen molar-refractivity contribution in [3.8, 4) is 11.4 Å². The van der Waals surface area contributed by atoms with E-state index in [1.165, 1.54) is 12.1 Å². The number of nitrogens with zero attached hydrogens (tertiary/aromatic N) is 2. The normalized spacial score (nSPS) is 11.2. The third-order valence-corrected chi connectivity index (χ3v) is 3.52. The van der Waals surface area contributed by atoms with Crippen LogP contribution in [-0.2, 0) is 6.54 Å². The number of imidazole rings is 1. The molecule has 1 aromatic heterocycles. The average Bonchev–Trinajstić information content (AvgIpc) is 2.79. The highest BCUT2D eigenvalue weighted by molar-refractivity contribution is 6.31. The quantitative estimate of drug-likeness (QED) is 0.722. The van der Waals surface area contributed by atoms with Crippen LogP contribution in [0, 0.1) is 5.82 Å². The highest BCUT2D eigenvalue weighted by atomic mass is 35.5. The minimum absolute atomic E-state index is 0.332. The third kappa shape index (κ3) is 2.02. The van der Waals surface area contributed by atoms with Crippen LogP contribution in [-0.4, -0.2) is 9.55 Å². The molecule has 0 fully saturated rings. The van der Waals surface area contributed by atoms with Gasteiger partial charge in [-0.2, -0.15) is 0 Å². The Morgan fingerprint density at radius 2 is 2.05 bits per heavy atom. The number of nitrogens with two attached hydrogens (primary N) is 1. The van der Waals surface area contributed by atoms with Gasteiger partial charge in [-0.1, -0.05) is 11.6 Å². The van der Waals surface area contributed by atoms with Gasteiger partial charge in [-0.3, -0.25) is 0 Å². The molecule has 3 rings (SSSR count). The highest BCUT2D eigenvalue weighted by Gasteiger charge is 2.14. The lowest BCUT2D eigenvalue weighted by Crippen LogP contribution is -2.00. The van der Waals surface area contributed by atoms with Gasteiger partial charge in [0.1, 0.15) is 11.6 Å². The summed E-state index contributed by atoms with van der Waals surface area (Å²) < 4.78 is 15.5. The fourth-order valence-electron chi connectivity index (χ4n) is 2.34. The van der Waals surface area contributed by atoms with Gasteiger partial charge in [0.05, 0.1) is 11.0 Å². The zero-order valence-electron chi connectivity index (χ0n) is 10.9. The summed E-state index contributed by atoms with van der Waals surface area (Å²) in [4.78, 5) is 4.55. The Hall–Kier alpha value is -2.07. The molecule has 0 aliphatic carbocycles. The van der Waals surface area contributed by atoms with Crippen molar-refractivity contribution in [2.45, 2.75) is 13.5 Å². The van der Waals surface area contributed by atoms with Gasteiger partial charge >= 0.3 is 0 Å². The molecule has 3 aromatic rings. The van der Waals surface area contributed by atoms with E-state index in [1.54, 1.807) is 12.1 Å². The molecular formula is C15H13ClFN3. The number of rotatable bonds is 2. The van der Waals surface area contributed by atoms with Gasteiger partial charge in [0.15, 0.2) is 0 Å². The molecule has 5 heteroatoms. The van der Waals surface area contributed by atoms with Crippen molar-refractivity contribution in [2.24, 2.45) is 0 Å². The lowest BCUT2D eigenvalue weighted by Gasteiger charge is -2.08. The highest BCUT2D eigenvalue weighted by Crippen LogP contribution is 2.30. The number of aryl methyl sites for hydroxylation is 1. The average molecular weight is 290 g/mol. The number of halogens is 2. The van der Waals surface area contributed by atoms with Gasteiger partial charge in [0.2, 0.25) is 0 Å². The van der Waals surface area contributed by atoms with E-state index in [4.69, 9.17) is 17.3 Å². The van der Waals surface area contributed by atoms with E-state index in [1.807, 2.05) is 23.6 Å². The van der Waals surface area contributed by atoms with Gasteiger partial charge in [0.25, 0.3) is 0 Å². The predicted molar refractivity (Wildman–Crippen MR) is 80.2 cm³/mol. The number of nitrogen functional groups attached to an aromatic ring is 1. The molecule has 0 spiro atoms. The zero-order chi connectivity index (χ0) is 14.3. The Balaban J connectivity index is 2.33. The fraction of sp³-hybridized carbons (Fsp3) is 0.133. The molecule has 0 aliphatic rings. The lowest BCUT2D eigenvalue weighted by atomic mass is 10.1.